The molecule has 1 heterocycles. The highest BCUT2D eigenvalue weighted by Gasteiger charge is 2.50. The summed E-state index contributed by atoms with van der Waals surface area (Å²) in [7, 11) is 0. The van der Waals surface area contributed by atoms with E-state index in [0.717, 1.165) is 25.7 Å². The normalized spacial score (nSPS) is 31.8. The topological polar surface area (TPSA) is 104 Å². The minimum Gasteiger partial charge on any atom is -0.481 e. The van der Waals surface area contributed by atoms with Crippen LogP contribution in [0.1, 0.15) is 64.7 Å². The lowest BCUT2D eigenvalue weighted by atomic mass is 9.85. The predicted molar refractivity (Wildman–Crippen MR) is 102 cm³/mol. The molecule has 0 unspecified atom stereocenters. The van der Waals surface area contributed by atoms with Gasteiger partial charge in [0.25, 0.3) is 0 Å². The Morgan fingerprint density at radius 3 is 2.61 bits per heavy atom. The molecule has 0 aromatic carbocycles. The van der Waals surface area contributed by atoms with E-state index in [0.29, 0.717) is 25.7 Å². The Morgan fingerprint density at radius 1 is 1.21 bits per heavy atom. The second-order valence-corrected chi connectivity index (χ2v) is 8.13. The second kappa shape index (κ2) is 10.9. The molecule has 0 spiro atoms. The summed E-state index contributed by atoms with van der Waals surface area (Å²) in [6.45, 7) is 1.96. The average Bonchev–Trinajstić information content (AvgIpc) is 3.18. The van der Waals surface area contributed by atoms with Crippen LogP contribution in [-0.4, -0.2) is 51.7 Å². The Labute approximate surface area is 165 Å². The first-order chi connectivity index (χ1) is 13.3. The number of fused-ring (bicyclic) bond motifs is 1. The predicted octanol–water partition coefficient (Wildman–Crippen LogP) is 3.57. The highest BCUT2D eigenvalue weighted by atomic mass is 19.1. The largest absolute Gasteiger partial charge is 0.481 e. The Morgan fingerprint density at radius 2 is 1.96 bits per heavy atom. The maximum absolute atomic E-state index is 14.0. The van der Waals surface area contributed by atoms with Gasteiger partial charge in [0.05, 0.1) is 18.1 Å². The summed E-state index contributed by atoms with van der Waals surface area (Å²) >= 11 is 0. The van der Waals surface area contributed by atoms with Crippen molar-refractivity contribution in [3.8, 4) is 0 Å². The molecule has 28 heavy (non-hydrogen) atoms. The van der Waals surface area contributed by atoms with E-state index in [4.69, 9.17) is 9.84 Å². The number of rotatable bonds is 12. The molecule has 160 valence electrons. The van der Waals surface area contributed by atoms with Crippen molar-refractivity contribution >= 4 is 11.9 Å². The van der Waals surface area contributed by atoms with E-state index in [-0.39, 0.29) is 30.5 Å². The molecule has 1 saturated carbocycles. The van der Waals surface area contributed by atoms with Crippen LogP contribution < -0.4 is 0 Å². The lowest BCUT2D eigenvalue weighted by Gasteiger charge is -2.19. The molecule has 7 heteroatoms. The minimum atomic E-state index is -1.33. The molecule has 2 fully saturated rings. The Kier molecular flexibility index (Phi) is 8.89. The maximum Gasteiger partial charge on any atom is 0.307 e. The van der Waals surface area contributed by atoms with Crippen molar-refractivity contribution < 1.29 is 34.0 Å². The van der Waals surface area contributed by atoms with Crippen molar-refractivity contribution in [3.05, 3.63) is 12.2 Å². The quantitative estimate of drug-likeness (QED) is 0.342. The number of halogens is 1. The summed E-state index contributed by atoms with van der Waals surface area (Å²) in [5.41, 5.74) is 0. The molecular formula is C21H33FO6. The number of ether oxygens (including phenoxy) is 1. The summed E-state index contributed by atoms with van der Waals surface area (Å²) in [5.74, 6) is -2.51. The Hall–Kier alpha value is -1.47. The van der Waals surface area contributed by atoms with Gasteiger partial charge in [0.15, 0.2) is 0 Å². The number of aliphatic carboxylic acids is 2. The van der Waals surface area contributed by atoms with Crippen LogP contribution in [0.5, 0.6) is 0 Å². The molecule has 0 aromatic heterocycles. The Bertz CT molecular complexity index is 551. The smallest absolute Gasteiger partial charge is 0.307 e. The molecule has 6 nitrogen and oxygen atoms in total. The van der Waals surface area contributed by atoms with Crippen LogP contribution in [0.25, 0.3) is 0 Å². The van der Waals surface area contributed by atoms with Gasteiger partial charge in [-0.2, -0.15) is 0 Å². The standard InChI is InChI=1S/C21H33FO6/c1-2-3-7-17(22)18(23)10-9-14-15-11-13(6-4-5-8-20(24)25)28-19(15)12-16(14)21(26)27/h9-10,13-19,23H,2-8,11-12H2,1H3,(H,24,25)(H,26,27)/t13-,14+,15+,16+,17+,18+,19-/m0/s1. The number of unbranched alkanes of at least 4 members (excludes halogenated alkanes) is 2. The van der Waals surface area contributed by atoms with Crippen LogP contribution >= 0.6 is 0 Å². The van der Waals surface area contributed by atoms with Crippen LogP contribution in [0.3, 0.4) is 0 Å². The lowest BCUT2D eigenvalue weighted by Crippen LogP contribution is -2.24. The van der Waals surface area contributed by atoms with E-state index >= 15 is 0 Å². The third-order valence-corrected chi connectivity index (χ3v) is 6.04. The average molecular weight is 400 g/mol. The van der Waals surface area contributed by atoms with Crippen molar-refractivity contribution in [2.24, 2.45) is 17.8 Å². The van der Waals surface area contributed by atoms with E-state index in [1.54, 1.807) is 6.08 Å². The van der Waals surface area contributed by atoms with Gasteiger partial charge in [0.1, 0.15) is 12.3 Å². The van der Waals surface area contributed by atoms with Crippen LogP contribution in [0, 0.1) is 17.8 Å². The van der Waals surface area contributed by atoms with E-state index < -0.39 is 30.1 Å². The third-order valence-electron chi connectivity index (χ3n) is 6.04. The zero-order valence-corrected chi connectivity index (χ0v) is 16.5. The monoisotopic (exact) mass is 400 g/mol. The zero-order valence-electron chi connectivity index (χ0n) is 16.5. The number of carboxylic acid groups (broad SMARTS) is 2. The van der Waals surface area contributed by atoms with Gasteiger partial charge in [-0.1, -0.05) is 38.3 Å². The molecular weight excluding hydrogens is 367 g/mol. The molecule has 7 atom stereocenters. The molecule has 1 aliphatic heterocycles. The molecule has 1 aliphatic carbocycles. The Balaban J connectivity index is 1.92. The van der Waals surface area contributed by atoms with Crippen LogP contribution in [-0.2, 0) is 14.3 Å². The summed E-state index contributed by atoms with van der Waals surface area (Å²) in [4.78, 5) is 22.2. The highest BCUT2D eigenvalue weighted by molar-refractivity contribution is 5.71. The first-order valence-electron chi connectivity index (χ1n) is 10.4. The summed E-state index contributed by atoms with van der Waals surface area (Å²) in [6, 6.07) is 0. The van der Waals surface area contributed by atoms with Gasteiger partial charge in [0, 0.05) is 6.42 Å². The number of hydrogen-bond acceptors (Lipinski definition) is 4. The molecule has 2 aliphatic rings. The van der Waals surface area contributed by atoms with E-state index in [9.17, 15) is 24.2 Å². The van der Waals surface area contributed by atoms with Crippen molar-refractivity contribution in [2.75, 3.05) is 0 Å². The molecule has 3 N–H and O–H groups in total. The summed E-state index contributed by atoms with van der Waals surface area (Å²) < 4.78 is 20.0. The lowest BCUT2D eigenvalue weighted by molar-refractivity contribution is -0.143. The molecule has 2 rings (SSSR count). The number of alkyl halides is 1. The van der Waals surface area contributed by atoms with Gasteiger partial charge < -0.3 is 20.1 Å². The number of hydrogen-bond donors (Lipinski definition) is 3. The number of carbonyl (C=O) groups is 2. The van der Waals surface area contributed by atoms with Crippen molar-refractivity contribution in [2.45, 2.75) is 89.2 Å². The van der Waals surface area contributed by atoms with Gasteiger partial charge >= 0.3 is 11.9 Å². The van der Waals surface area contributed by atoms with Gasteiger partial charge in [-0.25, -0.2) is 4.39 Å². The maximum atomic E-state index is 14.0. The van der Waals surface area contributed by atoms with Crippen molar-refractivity contribution in [1.82, 2.24) is 0 Å². The highest BCUT2D eigenvalue weighted by Crippen LogP contribution is 2.48. The summed E-state index contributed by atoms with van der Waals surface area (Å²) in [6.07, 6.45) is 5.70. The third kappa shape index (κ3) is 6.27. The zero-order chi connectivity index (χ0) is 20.7. The molecule has 0 radical (unpaired) electrons. The molecule has 0 amide bonds. The van der Waals surface area contributed by atoms with Crippen LogP contribution in [0.15, 0.2) is 12.2 Å². The fraction of sp³-hybridized carbons (Fsp3) is 0.810. The minimum absolute atomic E-state index is 0.0119. The first-order valence-corrected chi connectivity index (χ1v) is 10.4. The first kappa shape index (κ1) is 22.8. The van der Waals surface area contributed by atoms with Gasteiger partial charge in [0.2, 0.25) is 0 Å². The number of carboxylic acids is 2. The van der Waals surface area contributed by atoms with Gasteiger partial charge in [-0.05, 0) is 43.9 Å². The van der Waals surface area contributed by atoms with Crippen LogP contribution in [0.4, 0.5) is 4.39 Å². The number of aliphatic hydroxyl groups is 1. The van der Waals surface area contributed by atoms with E-state index in [1.165, 1.54) is 6.08 Å². The molecule has 1 saturated heterocycles. The fourth-order valence-corrected chi connectivity index (χ4v) is 4.51. The molecule has 0 bridgehead atoms. The number of allylic oxidation sites excluding steroid dienone is 1. The van der Waals surface area contributed by atoms with Crippen LogP contribution in [0.2, 0.25) is 0 Å². The number of aliphatic hydroxyl groups excluding tert-OH is 1. The van der Waals surface area contributed by atoms with Crippen molar-refractivity contribution in [1.29, 1.82) is 0 Å². The second-order valence-electron chi connectivity index (χ2n) is 8.13. The SMILES string of the molecule is CCCC[C@@H](F)[C@H](O)C=C[C@@H]1[C@H]2C[C@H](CCCCC(=O)O)O[C@H]2C[C@H]1C(=O)O. The fourth-order valence-electron chi connectivity index (χ4n) is 4.51. The van der Waals surface area contributed by atoms with E-state index in [1.807, 2.05) is 6.92 Å². The van der Waals surface area contributed by atoms with E-state index in [2.05, 4.69) is 0 Å². The van der Waals surface area contributed by atoms with Gasteiger partial charge in [-0.15, -0.1) is 0 Å². The molecule has 0 aromatic rings. The van der Waals surface area contributed by atoms with Crippen molar-refractivity contribution in [3.63, 3.8) is 0 Å². The van der Waals surface area contributed by atoms with Gasteiger partial charge in [-0.3, -0.25) is 9.59 Å². The summed E-state index contributed by atoms with van der Waals surface area (Å²) in [5, 5.41) is 28.3.